The molecule has 3 heterocycles. The van der Waals surface area contributed by atoms with E-state index in [2.05, 4.69) is 10.2 Å². The van der Waals surface area contributed by atoms with Crippen LogP contribution in [-0.2, 0) is 14.3 Å². The Hall–Kier alpha value is -2.99. The van der Waals surface area contributed by atoms with Crippen molar-refractivity contribution in [3.63, 3.8) is 0 Å². The Labute approximate surface area is 186 Å². The Kier molecular flexibility index (Phi) is 5.55. The molecule has 1 N–H and O–H groups in total. The highest BCUT2D eigenvalue weighted by molar-refractivity contribution is 8.00. The molecule has 1 atom stereocenters. The molecule has 3 aliphatic rings. The third kappa shape index (κ3) is 4.00. The summed E-state index contributed by atoms with van der Waals surface area (Å²) in [4.78, 5) is 27.8. The fourth-order valence-electron chi connectivity index (χ4n) is 4.22. The summed E-state index contributed by atoms with van der Waals surface area (Å²) in [5.74, 6) is 0.347. The molecule has 6 heteroatoms. The van der Waals surface area contributed by atoms with E-state index >= 15 is 0 Å². The number of amides is 1. The minimum atomic E-state index is -0.486. The first-order chi connectivity index (χ1) is 15.2. The third-order valence-electron chi connectivity index (χ3n) is 5.93. The van der Waals surface area contributed by atoms with Crippen molar-refractivity contribution in [3.05, 3.63) is 94.7 Å². The van der Waals surface area contributed by atoms with Crippen molar-refractivity contribution in [1.82, 2.24) is 10.2 Å². The van der Waals surface area contributed by atoms with Crippen LogP contribution in [-0.4, -0.2) is 41.0 Å². The predicted molar refractivity (Wildman–Crippen MR) is 121 cm³/mol. The van der Waals surface area contributed by atoms with Crippen molar-refractivity contribution >= 4 is 23.6 Å². The lowest BCUT2D eigenvalue weighted by Gasteiger charge is -2.46. The van der Waals surface area contributed by atoms with Crippen LogP contribution in [0.15, 0.2) is 83.6 Å². The molecule has 158 valence electrons. The van der Waals surface area contributed by atoms with Gasteiger partial charge in [0.1, 0.15) is 5.70 Å². The van der Waals surface area contributed by atoms with E-state index in [0.29, 0.717) is 29.8 Å². The van der Waals surface area contributed by atoms with Crippen molar-refractivity contribution in [2.45, 2.75) is 24.3 Å². The lowest BCUT2D eigenvalue weighted by atomic mass is 10.0. The topological polar surface area (TPSA) is 58.6 Å². The standard InChI is InChI=1S/C25H24N2O3S/c28-24-19(11-13-26-24)15-20-16-31-21-12-14-27(21)22(20)25(29)30-23(17-7-3-1-4-8-17)18-9-5-2-6-10-18/h1-10,15,21,23H,11-14,16H2,(H,26,28). The number of esters is 1. The Morgan fingerprint density at radius 3 is 2.32 bits per heavy atom. The first-order valence-corrected chi connectivity index (χ1v) is 11.7. The van der Waals surface area contributed by atoms with Gasteiger partial charge in [-0.25, -0.2) is 4.79 Å². The number of benzene rings is 2. The minimum absolute atomic E-state index is 0.0394. The summed E-state index contributed by atoms with van der Waals surface area (Å²) in [5, 5.41) is 3.16. The Bertz CT molecular complexity index is 1010. The molecule has 5 rings (SSSR count). The van der Waals surface area contributed by atoms with E-state index in [4.69, 9.17) is 4.74 Å². The highest BCUT2D eigenvalue weighted by Gasteiger charge is 2.40. The Morgan fingerprint density at radius 1 is 1.10 bits per heavy atom. The van der Waals surface area contributed by atoms with E-state index in [1.54, 1.807) is 0 Å². The van der Waals surface area contributed by atoms with Crippen molar-refractivity contribution in [2.75, 3.05) is 18.8 Å². The lowest BCUT2D eigenvalue weighted by molar-refractivity contribution is -0.145. The zero-order valence-electron chi connectivity index (χ0n) is 17.1. The number of nitrogens with zero attached hydrogens (tertiary/aromatic N) is 1. The van der Waals surface area contributed by atoms with Gasteiger partial charge in [0.15, 0.2) is 6.10 Å². The van der Waals surface area contributed by atoms with Crippen molar-refractivity contribution in [2.24, 2.45) is 0 Å². The molecule has 0 saturated carbocycles. The van der Waals surface area contributed by atoms with Crippen LogP contribution in [0.4, 0.5) is 0 Å². The maximum atomic E-state index is 13.5. The number of fused-ring (bicyclic) bond motifs is 1. The van der Waals surface area contributed by atoms with Crippen LogP contribution in [0.1, 0.15) is 30.1 Å². The second-order valence-corrected chi connectivity index (χ2v) is 9.07. The fraction of sp³-hybridized carbons (Fsp3) is 0.280. The number of ether oxygens (including phenoxy) is 1. The average molecular weight is 433 g/mol. The summed E-state index contributed by atoms with van der Waals surface area (Å²) in [7, 11) is 0. The molecule has 2 aromatic carbocycles. The monoisotopic (exact) mass is 432 g/mol. The molecule has 5 nitrogen and oxygen atoms in total. The number of carbonyl (C=O) groups excluding carboxylic acids is 2. The number of hydrogen-bond acceptors (Lipinski definition) is 5. The maximum absolute atomic E-state index is 13.5. The lowest BCUT2D eigenvalue weighted by Crippen LogP contribution is -2.49. The van der Waals surface area contributed by atoms with E-state index in [1.165, 1.54) is 0 Å². The fourth-order valence-corrected chi connectivity index (χ4v) is 5.48. The number of carbonyl (C=O) groups is 2. The largest absolute Gasteiger partial charge is 0.448 e. The van der Waals surface area contributed by atoms with Gasteiger partial charge in [-0.15, -0.1) is 11.8 Å². The Balaban J connectivity index is 1.50. The van der Waals surface area contributed by atoms with Crippen LogP contribution in [0.3, 0.4) is 0 Å². The molecular weight excluding hydrogens is 408 g/mol. The zero-order chi connectivity index (χ0) is 21.2. The van der Waals surface area contributed by atoms with E-state index in [9.17, 15) is 9.59 Å². The molecule has 0 bridgehead atoms. The summed E-state index contributed by atoms with van der Waals surface area (Å²) in [5.41, 5.74) is 4.10. The van der Waals surface area contributed by atoms with Crippen molar-refractivity contribution < 1.29 is 14.3 Å². The van der Waals surface area contributed by atoms with Crippen LogP contribution in [0, 0.1) is 0 Å². The van der Waals surface area contributed by atoms with E-state index in [0.717, 1.165) is 35.2 Å². The van der Waals surface area contributed by atoms with E-state index in [-0.39, 0.29) is 11.9 Å². The molecule has 2 aromatic rings. The number of rotatable bonds is 5. The number of hydrogen-bond donors (Lipinski definition) is 1. The predicted octanol–water partition coefficient (Wildman–Crippen LogP) is 3.80. The first-order valence-electron chi connectivity index (χ1n) is 10.6. The molecule has 31 heavy (non-hydrogen) atoms. The quantitative estimate of drug-likeness (QED) is 0.575. The second kappa shape index (κ2) is 8.63. The molecule has 2 fully saturated rings. The summed E-state index contributed by atoms with van der Waals surface area (Å²) in [6.45, 7) is 1.49. The van der Waals surface area contributed by atoms with Gasteiger partial charge in [0.25, 0.3) is 0 Å². The van der Waals surface area contributed by atoms with Crippen molar-refractivity contribution in [1.29, 1.82) is 0 Å². The van der Waals surface area contributed by atoms with Gasteiger partial charge >= 0.3 is 5.97 Å². The van der Waals surface area contributed by atoms with Crippen LogP contribution in [0.25, 0.3) is 0 Å². The summed E-state index contributed by atoms with van der Waals surface area (Å²) >= 11 is 1.82. The van der Waals surface area contributed by atoms with Gasteiger partial charge in [-0.1, -0.05) is 60.7 Å². The van der Waals surface area contributed by atoms with E-state index < -0.39 is 6.10 Å². The minimum Gasteiger partial charge on any atom is -0.448 e. The number of nitrogens with one attached hydrogen (secondary N) is 1. The van der Waals surface area contributed by atoms with Crippen LogP contribution < -0.4 is 5.32 Å². The van der Waals surface area contributed by atoms with Gasteiger partial charge in [-0.05, 0) is 35.6 Å². The third-order valence-corrected chi connectivity index (χ3v) is 7.28. The molecule has 0 radical (unpaired) electrons. The molecular formula is C25H24N2O3S. The van der Waals surface area contributed by atoms with Crippen LogP contribution >= 0.6 is 11.8 Å². The molecule has 1 amide bonds. The molecule has 0 spiro atoms. The SMILES string of the molecule is O=C1NCCC1=CC1=C(C(=O)OC(c2ccccc2)c2ccccc2)N2CCC2SC1. The Morgan fingerprint density at radius 2 is 1.77 bits per heavy atom. The molecule has 3 aliphatic heterocycles. The average Bonchev–Trinajstić information content (AvgIpc) is 3.19. The first kappa shape index (κ1) is 19.9. The van der Waals surface area contributed by atoms with Gasteiger partial charge in [0.2, 0.25) is 5.91 Å². The van der Waals surface area contributed by atoms with Crippen molar-refractivity contribution in [3.8, 4) is 0 Å². The highest BCUT2D eigenvalue weighted by Crippen LogP contribution is 2.41. The molecule has 0 aliphatic carbocycles. The second-order valence-electron chi connectivity index (χ2n) is 7.90. The maximum Gasteiger partial charge on any atom is 0.355 e. The summed E-state index contributed by atoms with van der Waals surface area (Å²) in [6.07, 6.45) is 3.17. The van der Waals surface area contributed by atoms with Gasteiger partial charge < -0.3 is 15.0 Å². The normalized spacial score (nSPS) is 21.7. The molecule has 0 aromatic heterocycles. The summed E-state index contributed by atoms with van der Waals surface area (Å²) in [6, 6.07) is 19.6. The molecule has 2 saturated heterocycles. The zero-order valence-corrected chi connectivity index (χ0v) is 17.9. The highest BCUT2D eigenvalue weighted by atomic mass is 32.2. The summed E-state index contributed by atoms with van der Waals surface area (Å²) < 4.78 is 6.16. The van der Waals surface area contributed by atoms with Gasteiger partial charge in [-0.3, -0.25) is 4.79 Å². The van der Waals surface area contributed by atoms with E-state index in [1.807, 2.05) is 78.5 Å². The van der Waals surface area contributed by atoms with Gasteiger partial charge in [-0.2, -0.15) is 0 Å². The van der Waals surface area contributed by atoms with Crippen LogP contribution in [0.2, 0.25) is 0 Å². The number of thioether (sulfide) groups is 1. The van der Waals surface area contributed by atoms with Crippen LogP contribution in [0.5, 0.6) is 0 Å². The number of allylic oxidation sites excluding steroid dienone is 1. The molecule has 1 unspecified atom stereocenters. The smallest absolute Gasteiger partial charge is 0.355 e. The van der Waals surface area contributed by atoms with Gasteiger partial charge in [0, 0.05) is 24.4 Å². The van der Waals surface area contributed by atoms with Gasteiger partial charge in [0.05, 0.1) is 5.37 Å².